The Balaban J connectivity index is 2.42. The fourth-order valence-corrected chi connectivity index (χ4v) is 1.78. The monoisotopic (exact) mass is 328 g/mol. The standard InChI is InChI=1S/C13H17BrN2O3/c1-8(5-12(17)18)7-15-13(19)16-10-3-4-11(14)9(2)6-10/h3-4,6,8H,5,7H2,1-2H3,(H,17,18)(H2,15,16,19). The fourth-order valence-electron chi connectivity index (χ4n) is 1.53. The Morgan fingerprint density at radius 1 is 1.42 bits per heavy atom. The number of hydrogen-bond acceptors (Lipinski definition) is 2. The normalized spacial score (nSPS) is 11.7. The van der Waals surface area contributed by atoms with Gasteiger partial charge in [0.1, 0.15) is 0 Å². The molecule has 0 spiro atoms. The van der Waals surface area contributed by atoms with E-state index in [0.29, 0.717) is 12.2 Å². The maximum absolute atomic E-state index is 11.6. The number of anilines is 1. The maximum atomic E-state index is 11.6. The van der Waals surface area contributed by atoms with E-state index in [-0.39, 0.29) is 18.4 Å². The molecule has 0 bridgehead atoms. The number of aryl methyl sites for hydroxylation is 1. The highest BCUT2D eigenvalue weighted by Gasteiger charge is 2.09. The molecule has 2 amide bonds. The van der Waals surface area contributed by atoms with Crippen molar-refractivity contribution in [2.75, 3.05) is 11.9 Å². The lowest BCUT2D eigenvalue weighted by Gasteiger charge is -2.12. The van der Waals surface area contributed by atoms with E-state index in [1.807, 2.05) is 19.1 Å². The number of nitrogens with one attached hydrogen (secondary N) is 2. The first-order valence-electron chi connectivity index (χ1n) is 5.91. The van der Waals surface area contributed by atoms with Gasteiger partial charge in [-0.05, 0) is 36.6 Å². The molecule has 6 heteroatoms. The maximum Gasteiger partial charge on any atom is 0.319 e. The van der Waals surface area contributed by atoms with E-state index in [4.69, 9.17) is 5.11 Å². The third kappa shape index (κ3) is 5.74. The third-order valence-electron chi connectivity index (χ3n) is 2.55. The molecule has 0 aliphatic carbocycles. The highest BCUT2D eigenvalue weighted by molar-refractivity contribution is 9.10. The van der Waals surface area contributed by atoms with E-state index >= 15 is 0 Å². The number of amides is 2. The van der Waals surface area contributed by atoms with Crippen molar-refractivity contribution < 1.29 is 14.7 Å². The van der Waals surface area contributed by atoms with Gasteiger partial charge in [0.15, 0.2) is 0 Å². The van der Waals surface area contributed by atoms with Crippen LogP contribution in [0.25, 0.3) is 0 Å². The van der Waals surface area contributed by atoms with Gasteiger partial charge < -0.3 is 15.7 Å². The van der Waals surface area contributed by atoms with Gasteiger partial charge in [0.2, 0.25) is 0 Å². The molecule has 19 heavy (non-hydrogen) atoms. The summed E-state index contributed by atoms with van der Waals surface area (Å²) in [5.41, 5.74) is 1.72. The molecule has 104 valence electrons. The van der Waals surface area contributed by atoms with Gasteiger partial charge in [-0.3, -0.25) is 4.79 Å². The minimum atomic E-state index is -0.863. The van der Waals surface area contributed by atoms with Crippen molar-refractivity contribution in [3.63, 3.8) is 0 Å². The van der Waals surface area contributed by atoms with E-state index in [2.05, 4.69) is 26.6 Å². The van der Waals surface area contributed by atoms with Crippen LogP contribution in [0.5, 0.6) is 0 Å². The van der Waals surface area contributed by atoms with Crippen LogP contribution in [-0.2, 0) is 4.79 Å². The molecule has 0 heterocycles. The van der Waals surface area contributed by atoms with Crippen molar-refractivity contribution in [1.29, 1.82) is 0 Å². The molecule has 5 nitrogen and oxygen atoms in total. The molecule has 1 aromatic rings. The largest absolute Gasteiger partial charge is 0.481 e. The summed E-state index contributed by atoms with van der Waals surface area (Å²) >= 11 is 3.38. The SMILES string of the molecule is Cc1cc(NC(=O)NCC(C)CC(=O)O)ccc1Br. The summed E-state index contributed by atoms with van der Waals surface area (Å²) in [4.78, 5) is 22.1. The summed E-state index contributed by atoms with van der Waals surface area (Å²) in [6.45, 7) is 4.04. The minimum Gasteiger partial charge on any atom is -0.481 e. The molecular formula is C13H17BrN2O3. The lowest BCUT2D eigenvalue weighted by atomic mass is 10.1. The predicted octanol–water partition coefficient (Wildman–Crippen LogP) is 2.99. The molecule has 3 N–H and O–H groups in total. The number of hydrogen-bond donors (Lipinski definition) is 3. The van der Waals surface area contributed by atoms with Crippen LogP contribution < -0.4 is 10.6 Å². The van der Waals surface area contributed by atoms with Crippen molar-refractivity contribution >= 4 is 33.6 Å². The second kappa shape index (κ2) is 7.13. The van der Waals surface area contributed by atoms with E-state index in [1.165, 1.54) is 0 Å². The van der Waals surface area contributed by atoms with E-state index in [0.717, 1.165) is 10.0 Å². The first-order valence-corrected chi connectivity index (χ1v) is 6.70. The lowest BCUT2D eigenvalue weighted by Crippen LogP contribution is -2.33. The number of carboxylic acids is 1. The topological polar surface area (TPSA) is 78.4 Å². The molecule has 1 rings (SSSR count). The Hall–Kier alpha value is -1.56. The number of halogens is 1. The number of carboxylic acid groups (broad SMARTS) is 1. The average molecular weight is 329 g/mol. The minimum absolute atomic E-state index is 0.0394. The van der Waals surface area contributed by atoms with E-state index in [9.17, 15) is 9.59 Å². The summed E-state index contributed by atoms with van der Waals surface area (Å²) in [5.74, 6) is -0.965. The van der Waals surface area contributed by atoms with Gasteiger partial charge in [0.05, 0.1) is 0 Å². The van der Waals surface area contributed by atoms with Crippen molar-refractivity contribution in [2.24, 2.45) is 5.92 Å². The Morgan fingerprint density at radius 2 is 2.11 bits per heavy atom. The molecule has 0 saturated heterocycles. The summed E-state index contributed by atoms with van der Waals surface area (Å²) in [7, 11) is 0. The molecule has 0 aromatic heterocycles. The quantitative estimate of drug-likeness (QED) is 0.777. The second-order valence-electron chi connectivity index (χ2n) is 4.50. The number of carbonyl (C=O) groups is 2. The molecule has 0 fully saturated rings. The molecule has 1 unspecified atom stereocenters. The third-order valence-corrected chi connectivity index (χ3v) is 3.44. The predicted molar refractivity (Wildman–Crippen MR) is 77.3 cm³/mol. The molecule has 1 aromatic carbocycles. The van der Waals surface area contributed by atoms with Crippen LogP contribution in [0.3, 0.4) is 0 Å². The highest BCUT2D eigenvalue weighted by atomic mass is 79.9. The summed E-state index contributed by atoms with van der Waals surface area (Å²) in [6.07, 6.45) is 0.0394. The lowest BCUT2D eigenvalue weighted by molar-refractivity contribution is -0.137. The van der Waals surface area contributed by atoms with Gasteiger partial charge in [0.25, 0.3) is 0 Å². The smallest absolute Gasteiger partial charge is 0.319 e. The number of rotatable bonds is 5. The van der Waals surface area contributed by atoms with Crippen molar-refractivity contribution in [2.45, 2.75) is 20.3 Å². The fraction of sp³-hybridized carbons (Fsp3) is 0.385. The van der Waals surface area contributed by atoms with E-state index < -0.39 is 5.97 Å². The van der Waals surface area contributed by atoms with Crippen LogP contribution in [0.1, 0.15) is 18.9 Å². The first-order chi connectivity index (χ1) is 8.88. The van der Waals surface area contributed by atoms with Crippen molar-refractivity contribution in [3.05, 3.63) is 28.2 Å². The number of aliphatic carboxylic acids is 1. The summed E-state index contributed by atoms with van der Waals surface area (Å²) < 4.78 is 0.980. The molecule has 1 atom stereocenters. The van der Waals surface area contributed by atoms with E-state index in [1.54, 1.807) is 13.0 Å². The molecule has 0 saturated carbocycles. The van der Waals surface area contributed by atoms with Crippen LogP contribution in [0.4, 0.5) is 10.5 Å². The molecular weight excluding hydrogens is 312 g/mol. The molecule has 0 aliphatic heterocycles. The zero-order valence-corrected chi connectivity index (χ0v) is 12.5. The summed E-state index contributed by atoms with van der Waals surface area (Å²) in [5, 5.41) is 14.0. The van der Waals surface area contributed by atoms with Crippen LogP contribution in [0.15, 0.2) is 22.7 Å². The molecule has 0 radical (unpaired) electrons. The first kappa shape index (κ1) is 15.5. The van der Waals surface area contributed by atoms with Gasteiger partial charge >= 0.3 is 12.0 Å². The average Bonchev–Trinajstić information content (AvgIpc) is 2.30. The second-order valence-corrected chi connectivity index (χ2v) is 5.36. The molecule has 0 aliphatic rings. The van der Waals surface area contributed by atoms with Crippen LogP contribution >= 0.6 is 15.9 Å². The number of urea groups is 1. The Bertz CT molecular complexity index is 477. The van der Waals surface area contributed by atoms with Gasteiger partial charge in [0, 0.05) is 23.1 Å². The van der Waals surface area contributed by atoms with Crippen molar-refractivity contribution in [1.82, 2.24) is 5.32 Å². The van der Waals surface area contributed by atoms with Crippen LogP contribution in [-0.4, -0.2) is 23.7 Å². The van der Waals surface area contributed by atoms with Gasteiger partial charge in [-0.1, -0.05) is 22.9 Å². The highest BCUT2D eigenvalue weighted by Crippen LogP contribution is 2.19. The van der Waals surface area contributed by atoms with Crippen LogP contribution in [0.2, 0.25) is 0 Å². The Kier molecular flexibility index (Phi) is 5.82. The van der Waals surface area contributed by atoms with Gasteiger partial charge in [-0.2, -0.15) is 0 Å². The number of benzene rings is 1. The number of carbonyl (C=O) groups excluding carboxylic acids is 1. The van der Waals surface area contributed by atoms with Gasteiger partial charge in [-0.25, -0.2) is 4.79 Å². The van der Waals surface area contributed by atoms with Crippen molar-refractivity contribution in [3.8, 4) is 0 Å². The Morgan fingerprint density at radius 3 is 2.68 bits per heavy atom. The van der Waals surface area contributed by atoms with Crippen LogP contribution in [0, 0.1) is 12.8 Å². The van der Waals surface area contributed by atoms with Gasteiger partial charge in [-0.15, -0.1) is 0 Å². The summed E-state index contributed by atoms with van der Waals surface area (Å²) in [6, 6.07) is 5.17. The Labute approximate surface area is 120 Å². The zero-order valence-electron chi connectivity index (χ0n) is 10.9. The zero-order chi connectivity index (χ0) is 14.4.